The molecule has 0 aliphatic rings. The fourth-order valence-corrected chi connectivity index (χ4v) is 1.59. The summed E-state index contributed by atoms with van der Waals surface area (Å²) in [5.74, 6) is -3.55. The first-order valence-corrected chi connectivity index (χ1v) is 6.54. The monoisotopic (exact) mass is 324 g/mol. The van der Waals surface area contributed by atoms with Crippen LogP contribution in [0, 0.1) is 0 Å². The first-order valence-electron chi connectivity index (χ1n) is 6.54. The molecule has 1 rings (SSSR count). The lowest BCUT2D eigenvalue weighted by atomic mass is 10.2. The Morgan fingerprint density at radius 3 is 2.09 bits per heavy atom. The number of carboxylic acids is 2. The van der Waals surface area contributed by atoms with E-state index in [2.05, 4.69) is 5.32 Å². The second-order valence-electron chi connectivity index (χ2n) is 4.45. The average molecular weight is 324 g/mol. The third kappa shape index (κ3) is 7.46. The van der Waals surface area contributed by atoms with E-state index in [0.29, 0.717) is 4.90 Å². The highest BCUT2D eigenvalue weighted by atomic mass is 16.5. The van der Waals surface area contributed by atoms with Crippen LogP contribution in [0.4, 0.5) is 4.79 Å². The molecule has 0 bridgehead atoms. The number of carboxylic acid groups (broad SMARTS) is 2. The normalized spacial score (nSPS) is 9.74. The minimum atomic E-state index is -1.36. The molecule has 2 amide bonds. The Labute approximate surface area is 131 Å². The predicted octanol–water partition coefficient (Wildman–Crippen LogP) is -0.0894. The lowest BCUT2D eigenvalue weighted by Crippen LogP contribution is -2.44. The summed E-state index contributed by atoms with van der Waals surface area (Å²) in [5, 5.41) is 19.4. The van der Waals surface area contributed by atoms with Crippen LogP contribution >= 0.6 is 0 Å². The van der Waals surface area contributed by atoms with E-state index in [1.165, 1.54) is 0 Å². The molecule has 0 saturated carbocycles. The molecule has 0 saturated heterocycles. The highest BCUT2D eigenvalue weighted by Crippen LogP contribution is 2.00. The highest BCUT2D eigenvalue weighted by molar-refractivity contribution is 5.87. The van der Waals surface area contributed by atoms with Gasteiger partial charge in [-0.1, -0.05) is 30.3 Å². The number of hydrogen-bond acceptors (Lipinski definition) is 5. The molecular weight excluding hydrogens is 308 g/mol. The zero-order valence-electron chi connectivity index (χ0n) is 12.1. The van der Waals surface area contributed by atoms with Gasteiger partial charge in [-0.2, -0.15) is 0 Å². The van der Waals surface area contributed by atoms with Gasteiger partial charge in [0.1, 0.15) is 26.2 Å². The summed E-state index contributed by atoms with van der Waals surface area (Å²) in [6, 6.07) is 8.85. The molecule has 23 heavy (non-hydrogen) atoms. The van der Waals surface area contributed by atoms with E-state index in [-0.39, 0.29) is 6.61 Å². The zero-order chi connectivity index (χ0) is 17.2. The maximum Gasteiger partial charge on any atom is 0.407 e. The van der Waals surface area contributed by atoms with Crippen molar-refractivity contribution < 1.29 is 34.1 Å². The number of amides is 2. The van der Waals surface area contributed by atoms with Gasteiger partial charge in [-0.05, 0) is 5.56 Å². The largest absolute Gasteiger partial charge is 0.480 e. The molecular formula is C14H16N2O7. The number of nitrogens with zero attached hydrogens (tertiary/aromatic N) is 1. The van der Waals surface area contributed by atoms with Crippen molar-refractivity contribution in [2.24, 2.45) is 0 Å². The topological polar surface area (TPSA) is 133 Å². The number of rotatable bonds is 8. The molecule has 9 nitrogen and oxygen atoms in total. The van der Waals surface area contributed by atoms with Crippen molar-refractivity contribution in [3.8, 4) is 0 Å². The van der Waals surface area contributed by atoms with Crippen LogP contribution in [0.25, 0.3) is 0 Å². The lowest BCUT2D eigenvalue weighted by Gasteiger charge is -2.18. The van der Waals surface area contributed by atoms with Crippen LogP contribution in [0.3, 0.4) is 0 Å². The third-order valence-electron chi connectivity index (χ3n) is 2.60. The fourth-order valence-electron chi connectivity index (χ4n) is 1.59. The maximum atomic E-state index is 11.7. The second kappa shape index (κ2) is 9.03. The van der Waals surface area contributed by atoms with Gasteiger partial charge >= 0.3 is 18.0 Å². The molecule has 0 aliphatic carbocycles. The van der Waals surface area contributed by atoms with Gasteiger partial charge in [0.15, 0.2) is 0 Å². The van der Waals surface area contributed by atoms with E-state index in [0.717, 1.165) is 5.56 Å². The lowest BCUT2D eigenvalue weighted by molar-refractivity contribution is -0.148. The smallest absolute Gasteiger partial charge is 0.407 e. The number of alkyl carbamates (subject to hydrolysis) is 1. The number of ether oxygens (including phenoxy) is 1. The third-order valence-corrected chi connectivity index (χ3v) is 2.60. The molecule has 3 N–H and O–H groups in total. The molecule has 1 aromatic rings. The van der Waals surface area contributed by atoms with Crippen molar-refractivity contribution >= 4 is 23.9 Å². The van der Waals surface area contributed by atoms with Crippen LogP contribution in [0.15, 0.2) is 30.3 Å². The maximum absolute atomic E-state index is 11.7. The van der Waals surface area contributed by atoms with Crippen LogP contribution < -0.4 is 5.32 Å². The van der Waals surface area contributed by atoms with Crippen molar-refractivity contribution in [2.75, 3.05) is 19.6 Å². The van der Waals surface area contributed by atoms with Crippen molar-refractivity contribution in [3.05, 3.63) is 35.9 Å². The SMILES string of the molecule is O=C(O)CN(CC(=O)O)C(=O)CNC(=O)OCc1ccccc1. The molecule has 0 spiro atoms. The Hall–Kier alpha value is -3.10. The van der Waals surface area contributed by atoms with Gasteiger partial charge in [0.2, 0.25) is 5.91 Å². The molecule has 0 aliphatic heterocycles. The van der Waals surface area contributed by atoms with Gasteiger partial charge in [-0.15, -0.1) is 0 Å². The molecule has 124 valence electrons. The molecule has 1 aromatic carbocycles. The quantitative estimate of drug-likeness (QED) is 0.608. The standard InChI is InChI=1S/C14H16N2O7/c17-11(16(7-12(18)19)8-13(20)21)6-15-14(22)23-9-10-4-2-1-3-5-10/h1-5H,6-9H2,(H,15,22)(H,18,19)(H,20,21). The number of hydrogen-bond donors (Lipinski definition) is 3. The molecule has 0 radical (unpaired) electrons. The minimum Gasteiger partial charge on any atom is -0.480 e. The van der Waals surface area contributed by atoms with Gasteiger partial charge in [0.25, 0.3) is 0 Å². The Bertz CT molecular complexity index is 558. The van der Waals surface area contributed by atoms with E-state index >= 15 is 0 Å². The first kappa shape index (κ1) is 18.0. The van der Waals surface area contributed by atoms with E-state index < -0.39 is 43.6 Å². The molecule has 0 atom stereocenters. The summed E-state index contributed by atoms with van der Waals surface area (Å²) in [6.07, 6.45) is -0.868. The molecule has 0 fully saturated rings. The van der Waals surface area contributed by atoms with Crippen molar-refractivity contribution in [1.82, 2.24) is 10.2 Å². The summed E-state index contributed by atoms with van der Waals surface area (Å²) in [4.78, 5) is 45.0. The van der Waals surface area contributed by atoms with Gasteiger partial charge in [0.05, 0.1) is 0 Å². The number of carbonyl (C=O) groups is 4. The number of aliphatic carboxylic acids is 2. The van der Waals surface area contributed by atoms with Crippen LogP contribution in [-0.2, 0) is 25.7 Å². The van der Waals surface area contributed by atoms with Crippen LogP contribution in [-0.4, -0.2) is 58.7 Å². The Balaban J connectivity index is 2.41. The molecule has 0 unspecified atom stereocenters. The van der Waals surface area contributed by atoms with E-state index in [4.69, 9.17) is 14.9 Å². The molecule has 0 heterocycles. The van der Waals surface area contributed by atoms with Gasteiger partial charge in [-0.25, -0.2) is 4.79 Å². The fraction of sp³-hybridized carbons (Fsp3) is 0.286. The Kier molecular flexibility index (Phi) is 7.05. The van der Waals surface area contributed by atoms with Gasteiger partial charge in [-0.3, -0.25) is 14.4 Å². The Morgan fingerprint density at radius 1 is 1.00 bits per heavy atom. The van der Waals surface area contributed by atoms with Gasteiger partial charge < -0.3 is 25.2 Å². The number of benzene rings is 1. The number of carbonyl (C=O) groups excluding carboxylic acids is 2. The van der Waals surface area contributed by atoms with E-state index in [1.54, 1.807) is 24.3 Å². The van der Waals surface area contributed by atoms with Crippen LogP contribution in [0.2, 0.25) is 0 Å². The summed E-state index contributed by atoms with van der Waals surface area (Å²) in [6.45, 7) is -2.10. The summed E-state index contributed by atoms with van der Waals surface area (Å²) < 4.78 is 4.87. The Morgan fingerprint density at radius 2 is 1.57 bits per heavy atom. The highest BCUT2D eigenvalue weighted by Gasteiger charge is 2.20. The van der Waals surface area contributed by atoms with Crippen molar-refractivity contribution in [2.45, 2.75) is 6.61 Å². The summed E-state index contributed by atoms with van der Waals surface area (Å²) >= 11 is 0. The van der Waals surface area contributed by atoms with Crippen LogP contribution in [0.5, 0.6) is 0 Å². The minimum absolute atomic E-state index is 0.00876. The van der Waals surface area contributed by atoms with Crippen molar-refractivity contribution in [3.63, 3.8) is 0 Å². The first-order chi connectivity index (χ1) is 10.9. The van der Waals surface area contributed by atoms with Crippen molar-refractivity contribution in [1.29, 1.82) is 0 Å². The average Bonchev–Trinajstić information content (AvgIpc) is 2.50. The molecule has 0 aromatic heterocycles. The van der Waals surface area contributed by atoms with E-state index in [9.17, 15) is 19.2 Å². The summed E-state index contributed by atoms with van der Waals surface area (Å²) in [7, 11) is 0. The van der Waals surface area contributed by atoms with E-state index in [1.807, 2.05) is 6.07 Å². The molecule has 9 heteroatoms. The van der Waals surface area contributed by atoms with Gasteiger partial charge in [0, 0.05) is 0 Å². The second-order valence-corrected chi connectivity index (χ2v) is 4.45. The van der Waals surface area contributed by atoms with Crippen LogP contribution in [0.1, 0.15) is 5.56 Å². The zero-order valence-corrected chi connectivity index (χ0v) is 12.1. The summed E-state index contributed by atoms with van der Waals surface area (Å²) in [5.41, 5.74) is 0.757. The number of nitrogens with one attached hydrogen (secondary N) is 1. The predicted molar refractivity (Wildman–Crippen MR) is 76.5 cm³/mol.